The number of ether oxygens (including phenoxy) is 2. The number of aldehydes is 1. The highest BCUT2D eigenvalue weighted by Crippen LogP contribution is 2.70. The Bertz CT molecular complexity index is 656. The van der Waals surface area contributed by atoms with Gasteiger partial charge < -0.3 is 19.4 Å². The Hall–Kier alpha value is -1.20. The van der Waals surface area contributed by atoms with Crippen LogP contribution in [-0.4, -0.2) is 44.3 Å². The highest BCUT2D eigenvalue weighted by molar-refractivity contribution is 5.88. The van der Waals surface area contributed by atoms with Gasteiger partial charge in [-0.25, -0.2) is 0 Å². The zero-order valence-corrected chi connectivity index (χ0v) is 18.6. The summed E-state index contributed by atoms with van der Waals surface area (Å²) in [7, 11) is 3.46. The van der Waals surface area contributed by atoms with Crippen LogP contribution < -0.4 is 0 Å². The van der Waals surface area contributed by atoms with Gasteiger partial charge in [-0.05, 0) is 61.7 Å². The van der Waals surface area contributed by atoms with Gasteiger partial charge in [0.25, 0.3) is 0 Å². The van der Waals surface area contributed by atoms with Crippen LogP contribution >= 0.6 is 0 Å². The fourth-order valence-corrected chi connectivity index (χ4v) is 7.24. The van der Waals surface area contributed by atoms with Crippen LogP contribution in [0.5, 0.6) is 0 Å². The molecule has 5 nitrogen and oxygen atoms in total. The van der Waals surface area contributed by atoms with E-state index in [1.54, 1.807) is 14.2 Å². The van der Waals surface area contributed by atoms with Crippen molar-refractivity contribution in [1.82, 2.24) is 0 Å². The first kappa shape index (κ1) is 22.5. The zero-order chi connectivity index (χ0) is 21.4. The van der Waals surface area contributed by atoms with Gasteiger partial charge in [-0.3, -0.25) is 4.79 Å². The minimum absolute atomic E-state index is 0.0473. The maximum absolute atomic E-state index is 12.9. The molecule has 0 aromatic heterocycles. The lowest BCUT2D eigenvalue weighted by molar-refractivity contribution is -0.160. The summed E-state index contributed by atoms with van der Waals surface area (Å²) >= 11 is 0. The van der Waals surface area contributed by atoms with E-state index >= 15 is 0 Å². The molecule has 0 aromatic rings. The molecular weight excluding hydrogens is 368 g/mol. The largest absolute Gasteiger partial charge is 0.481 e. The lowest BCUT2D eigenvalue weighted by Crippen LogP contribution is -2.53. The Balaban J connectivity index is 2.01. The van der Waals surface area contributed by atoms with E-state index in [1.165, 1.54) is 0 Å². The van der Waals surface area contributed by atoms with E-state index in [1.807, 2.05) is 0 Å². The molecule has 0 saturated heterocycles. The molecule has 5 unspecified atom stereocenters. The van der Waals surface area contributed by atoms with Gasteiger partial charge in [0.15, 0.2) is 0 Å². The number of rotatable bonds is 10. The number of hydrogen-bond donors (Lipinski definition) is 1. The van der Waals surface area contributed by atoms with Crippen molar-refractivity contribution in [3.63, 3.8) is 0 Å². The monoisotopic (exact) mass is 406 g/mol. The molecule has 7 atom stereocenters. The second-order valence-electron chi connectivity index (χ2n) is 9.94. The summed E-state index contributed by atoms with van der Waals surface area (Å²) in [6, 6.07) is 0. The summed E-state index contributed by atoms with van der Waals surface area (Å²) in [4.78, 5) is 25.7. The van der Waals surface area contributed by atoms with E-state index in [0.29, 0.717) is 24.7 Å². The summed E-state index contributed by atoms with van der Waals surface area (Å²) in [6.45, 7) is 7.07. The lowest BCUT2D eigenvalue weighted by atomic mass is 9.52. The molecule has 2 saturated carbocycles. The molecule has 2 fully saturated rings. The predicted octanol–water partition coefficient (Wildman–Crippen LogP) is 4.35. The first-order chi connectivity index (χ1) is 13.8. The molecule has 0 aliphatic heterocycles. The average Bonchev–Trinajstić information content (AvgIpc) is 3.34. The minimum atomic E-state index is -1.05. The highest BCUT2D eigenvalue weighted by atomic mass is 16.5. The van der Waals surface area contributed by atoms with Crippen molar-refractivity contribution in [2.24, 2.45) is 40.4 Å². The number of hydrogen-bond acceptors (Lipinski definition) is 4. The third kappa shape index (κ3) is 3.29. The van der Waals surface area contributed by atoms with Gasteiger partial charge in [0.05, 0.1) is 6.10 Å². The molecular formula is C24H38O5. The molecule has 1 N–H and O–H groups in total. The SMILES string of the molecule is COCCCCC1C(C)C(OC)CC1[C@@]1(C=O)CC2C=C(C(C)C)[C@@]1(C(=O)O)C2. The van der Waals surface area contributed by atoms with Crippen LogP contribution in [0.1, 0.15) is 59.3 Å². The second kappa shape index (κ2) is 8.50. The minimum Gasteiger partial charge on any atom is -0.481 e. The van der Waals surface area contributed by atoms with Gasteiger partial charge in [0, 0.05) is 26.2 Å². The van der Waals surface area contributed by atoms with Crippen molar-refractivity contribution in [1.29, 1.82) is 0 Å². The van der Waals surface area contributed by atoms with Crippen LogP contribution in [0.25, 0.3) is 0 Å². The topological polar surface area (TPSA) is 72.8 Å². The first-order valence-electron chi connectivity index (χ1n) is 11.2. The summed E-state index contributed by atoms with van der Waals surface area (Å²) in [5.74, 6) is 0.182. The van der Waals surface area contributed by atoms with Crippen LogP contribution in [0.15, 0.2) is 11.6 Å². The van der Waals surface area contributed by atoms with E-state index in [-0.39, 0.29) is 23.9 Å². The van der Waals surface area contributed by atoms with Gasteiger partial charge in [-0.15, -0.1) is 0 Å². The Labute approximate surface area is 175 Å². The third-order valence-electron chi connectivity index (χ3n) is 8.43. The van der Waals surface area contributed by atoms with E-state index < -0.39 is 16.8 Å². The van der Waals surface area contributed by atoms with Crippen LogP contribution in [0, 0.1) is 40.4 Å². The van der Waals surface area contributed by atoms with Crippen molar-refractivity contribution in [3.05, 3.63) is 11.6 Å². The van der Waals surface area contributed by atoms with Gasteiger partial charge >= 0.3 is 5.97 Å². The molecule has 0 radical (unpaired) electrons. The third-order valence-corrected chi connectivity index (χ3v) is 8.43. The molecule has 3 aliphatic rings. The standard InChI is InChI=1S/C24H38O5/c1-15(2)19-10-17-12-23(14-25,24(19,13-17)22(26)27)20-11-21(29-5)16(3)18(20)8-6-7-9-28-4/h10,14-18,20-21H,6-9,11-13H2,1-5H3,(H,26,27)/t16?,17?,18?,20?,21?,23-,24+/m0/s1. The van der Waals surface area contributed by atoms with Gasteiger partial charge in [-0.1, -0.05) is 38.8 Å². The first-order valence-corrected chi connectivity index (χ1v) is 11.2. The summed E-state index contributed by atoms with van der Waals surface area (Å²) in [6.07, 6.45) is 8.33. The van der Waals surface area contributed by atoms with E-state index in [2.05, 4.69) is 26.8 Å². The molecule has 0 spiro atoms. The van der Waals surface area contributed by atoms with Gasteiger partial charge in [-0.2, -0.15) is 0 Å². The number of methoxy groups -OCH3 is 2. The quantitative estimate of drug-likeness (QED) is 0.332. The summed E-state index contributed by atoms with van der Waals surface area (Å²) in [5, 5.41) is 10.5. The zero-order valence-electron chi connectivity index (χ0n) is 18.6. The van der Waals surface area contributed by atoms with Gasteiger partial charge in [0.2, 0.25) is 0 Å². The van der Waals surface area contributed by atoms with Crippen molar-refractivity contribution in [3.8, 4) is 0 Å². The Morgan fingerprint density at radius 2 is 2.03 bits per heavy atom. The number of aliphatic carboxylic acids is 1. The van der Waals surface area contributed by atoms with Crippen molar-refractivity contribution in [2.75, 3.05) is 20.8 Å². The fourth-order valence-electron chi connectivity index (χ4n) is 7.24. The van der Waals surface area contributed by atoms with Crippen molar-refractivity contribution in [2.45, 2.75) is 65.4 Å². The predicted molar refractivity (Wildman–Crippen MR) is 111 cm³/mol. The lowest BCUT2D eigenvalue weighted by Gasteiger charge is -2.48. The molecule has 29 heavy (non-hydrogen) atoms. The maximum atomic E-state index is 12.9. The van der Waals surface area contributed by atoms with Gasteiger partial charge in [0.1, 0.15) is 11.7 Å². The van der Waals surface area contributed by atoms with Crippen LogP contribution in [0.3, 0.4) is 0 Å². The molecule has 5 heteroatoms. The molecule has 2 bridgehead atoms. The number of carboxylic acid groups (broad SMARTS) is 1. The molecule has 0 aromatic carbocycles. The number of carbonyl (C=O) groups is 2. The highest BCUT2D eigenvalue weighted by Gasteiger charge is 2.71. The second-order valence-corrected chi connectivity index (χ2v) is 9.94. The number of unbranched alkanes of at least 4 members (excludes halogenated alkanes) is 1. The normalized spacial score (nSPS) is 41.2. The number of fused-ring (bicyclic) bond motifs is 2. The van der Waals surface area contributed by atoms with Crippen LogP contribution in [0.4, 0.5) is 0 Å². The molecule has 0 amide bonds. The fraction of sp³-hybridized carbons (Fsp3) is 0.833. The number of allylic oxidation sites excluding steroid dienone is 1. The Morgan fingerprint density at radius 3 is 2.59 bits per heavy atom. The summed E-state index contributed by atoms with van der Waals surface area (Å²) < 4.78 is 11.0. The van der Waals surface area contributed by atoms with Crippen molar-refractivity contribution >= 4 is 12.3 Å². The number of carboxylic acids is 1. The summed E-state index contributed by atoms with van der Waals surface area (Å²) in [5.41, 5.74) is -0.906. The Kier molecular flexibility index (Phi) is 6.59. The number of carbonyl (C=O) groups excluding carboxylic acids is 1. The average molecular weight is 407 g/mol. The van der Waals surface area contributed by atoms with E-state index in [0.717, 1.165) is 44.1 Å². The maximum Gasteiger partial charge on any atom is 0.314 e. The van der Waals surface area contributed by atoms with Crippen LogP contribution in [0.2, 0.25) is 0 Å². The van der Waals surface area contributed by atoms with E-state index in [4.69, 9.17) is 9.47 Å². The molecule has 3 rings (SSSR count). The molecule has 0 heterocycles. The Morgan fingerprint density at radius 1 is 1.31 bits per heavy atom. The molecule has 3 aliphatic carbocycles. The van der Waals surface area contributed by atoms with Crippen molar-refractivity contribution < 1.29 is 24.2 Å². The van der Waals surface area contributed by atoms with E-state index in [9.17, 15) is 14.7 Å². The molecule has 164 valence electrons. The van der Waals surface area contributed by atoms with Crippen LogP contribution in [-0.2, 0) is 19.1 Å². The smallest absolute Gasteiger partial charge is 0.314 e.